The van der Waals surface area contributed by atoms with Gasteiger partial charge in [-0.1, -0.05) is 0 Å². The molecule has 1 aromatic heterocycles. The zero-order valence-electron chi connectivity index (χ0n) is 9.53. The molecule has 0 radical (unpaired) electrons. The Labute approximate surface area is 90.1 Å². The number of nitrogens with one attached hydrogen (secondary N) is 1. The molecule has 0 aliphatic rings. The molecule has 0 saturated carbocycles. The summed E-state index contributed by atoms with van der Waals surface area (Å²) in [6.45, 7) is 1.40. The molecule has 1 rings (SSSR count). The summed E-state index contributed by atoms with van der Waals surface area (Å²) in [5, 5.41) is 7.40. The van der Waals surface area contributed by atoms with Crippen LogP contribution in [-0.2, 0) is 18.4 Å². The number of carbonyl (C=O) groups is 1. The van der Waals surface area contributed by atoms with Crippen molar-refractivity contribution in [2.75, 3.05) is 20.6 Å². The highest BCUT2D eigenvalue weighted by atomic mass is 16.2. The highest BCUT2D eigenvalue weighted by Crippen LogP contribution is 1.93. The molecule has 0 unspecified atom stereocenters. The molecule has 5 nitrogen and oxygen atoms in total. The first kappa shape index (κ1) is 11.7. The van der Waals surface area contributed by atoms with Crippen molar-refractivity contribution in [2.45, 2.75) is 13.0 Å². The third-order valence-electron chi connectivity index (χ3n) is 2.09. The van der Waals surface area contributed by atoms with Crippen LogP contribution >= 0.6 is 0 Å². The summed E-state index contributed by atoms with van der Waals surface area (Å²) in [7, 11) is 5.42. The number of nitrogens with zero attached hydrogens (tertiary/aromatic N) is 3. The van der Waals surface area contributed by atoms with Gasteiger partial charge in [0, 0.05) is 46.9 Å². The minimum atomic E-state index is 0.142. The van der Waals surface area contributed by atoms with Crippen molar-refractivity contribution in [3.63, 3.8) is 0 Å². The quantitative estimate of drug-likeness (QED) is 0.695. The minimum absolute atomic E-state index is 0.142. The third kappa shape index (κ3) is 4.12. The van der Waals surface area contributed by atoms with Crippen LogP contribution in [0.1, 0.15) is 12.1 Å². The molecule has 1 heterocycles. The van der Waals surface area contributed by atoms with Crippen LogP contribution in [0.3, 0.4) is 0 Å². The smallest absolute Gasteiger partial charge is 0.223 e. The molecule has 0 spiro atoms. The maximum Gasteiger partial charge on any atom is 0.223 e. The maximum absolute atomic E-state index is 11.2. The van der Waals surface area contributed by atoms with Gasteiger partial charge in [0.2, 0.25) is 5.91 Å². The predicted molar refractivity (Wildman–Crippen MR) is 58.2 cm³/mol. The number of hydrogen-bond acceptors (Lipinski definition) is 3. The van der Waals surface area contributed by atoms with Crippen LogP contribution in [0, 0.1) is 0 Å². The summed E-state index contributed by atoms with van der Waals surface area (Å²) in [6, 6.07) is 1.96. The summed E-state index contributed by atoms with van der Waals surface area (Å²) < 4.78 is 1.77. The summed E-state index contributed by atoms with van der Waals surface area (Å²) in [4.78, 5) is 12.8. The normalized spacial score (nSPS) is 10.3. The number of amides is 1. The zero-order chi connectivity index (χ0) is 11.3. The molecule has 1 amide bonds. The van der Waals surface area contributed by atoms with Crippen molar-refractivity contribution >= 4 is 5.91 Å². The van der Waals surface area contributed by atoms with Crippen LogP contribution < -0.4 is 5.32 Å². The van der Waals surface area contributed by atoms with Gasteiger partial charge in [0.05, 0.1) is 5.69 Å². The van der Waals surface area contributed by atoms with Crippen molar-refractivity contribution in [3.8, 4) is 0 Å². The van der Waals surface area contributed by atoms with Gasteiger partial charge in [-0.3, -0.25) is 9.48 Å². The monoisotopic (exact) mass is 210 g/mol. The van der Waals surface area contributed by atoms with E-state index in [1.807, 2.05) is 19.3 Å². The van der Waals surface area contributed by atoms with E-state index >= 15 is 0 Å². The van der Waals surface area contributed by atoms with Crippen molar-refractivity contribution in [3.05, 3.63) is 18.0 Å². The summed E-state index contributed by atoms with van der Waals surface area (Å²) in [5.41, 5.74) is 0.995. The summed E-state index contributed by atoms with van der Waals surface area (Å²) in [5.74, 6) is 0.142. The van der Waals surface area contributed by atoms with E-state index in [1.54, 1.807) is 23.7 Å². The van der Waals surface area contributed by atoms with Crippen LogP contribution in [0.25, 0.3) is 0 Å². The van der Waals surface area contributed by atoms with Crippen molar-refractivity contribution < 1.29 is 4.79 Å². The van der Waals surface area contributed by atoms with E-state index in [4.69, 9.17) is 0 Å². The number of hydrogen-bond donors (Lipinski definition) is 1. The molecule has 0 aromatic carbocycles. The number of aryl methyl sites for hydroxylation is 1. The maximum atomic E-state index is 11.2. The lowest BCUT2D eigenvalue weighted by Crippen LogP contribution is -2.26. The second-order valence-electron chi connectivity index (χ2n) is 3.70. The van der Waals surface area contributed by atoms with E-state index in [-0.39, 0.29) is 5.91 Å². The second-order valence-corrected chi connectivity index (χ2v) is 3.70. The van der Waals surface area contributed by atoms with E-state index in [0.717, 1.165) is 5.69 Å². The van der Waals surface area contributed by atoms with Crippen molar-refractivity contribution in [1.29, 1.82) is 0 Å². The SMILES string of the molecule is CN(C)C(=O)CCNCc1ccn(C)n1. The lowest BCUT2D eigenvalue weighted by atomic mass is 10.3. The Bertz CT molecular complexity index is 319. The molecule has 0 aliphatic heterocycles. The summed E-state index contributed by atoms with van der Waals surface area (Å²) in [6.07, 6.45) is 2.43. The largest absolute Gasteiger partial charge is 0.349 e. The van der Waals surface area contributed by atoms with Gasteiger partial charge in [-0.2, -0.15) is 5.10 Å². The van der Waals surface area contributed by atoms with Gasteiger partial charge < -0.3 is 10.2 Å². The fourth-order valence-corrected chi connectivity index (χ4v) is 1.19. The van der Waals surface area contributed by atoms with Gasteiger partial charge in [0.25, 0.3) is 0 Å². The standard InChI is InChI=1S/C10H18N4O/c1-13(2)10(15)4-6-11-8-9-5-7-14(3)12-9/h5,7,11H,4,6,8H2,1-3H3. The average molecular weight is 210 g/mol. The van der Waals surface area contributed by atoms with E-state index in [9.17, 15) is 4.79 Å². The third-order valence-corrected chi connectivity index (χ3v) is 2.09. The van der Waals surface area contributed by atoms with Crippen LogP contribution in [0.5, 0.6) is 0 Å². The molecule has 15 heavy (non-hydrogen) atoms. The van der Waals surface area contributed by atoms with E-state index in [1.165, 1.54) is 0 Å². The Hall–Kier alpha value is -1.36. The number of rotatable bonds is 5. The van der Waals surface area contributed by atoms with Gasteiger partial charge in [-0.15, -0.1) is 0 Å². The first-order chi connectivity index (χ1) is 7.09. The topological polar surface area (TPSA) is 50.2 Å². The van der Waals surface area contributed by atoms with Crippen LogP contribution in [0.4, 0.5) is 0 Å². The molecule has 0 aliphatic carbocycles. The molecular formula is C10H18N4O. The molecule has 84 valence electrons. The molecular weight excluding hydrogens is 192 g/mol. The zero-order valence-corrected chi connectivity index (χ0v) is 9.53. The molecule has 0 saturated heterocycles. The van der Waals surface area contributed by atoms with Gasteiger partial charge in [0.1, 0.15) is 0 Å². The van der Waals surface area contributed by atoms with Crippen LogP contribution in [0.15, 0.2) is 12.3 Å². The van der Waals surface area contributed by atoms with Crippen LogP contribution in [0.2, 0.25) is 0 Å². The Morgan fingerprint density at radius 2 is 2.33 bits per heavy atom. The lowest BCUT2D eigenvalue weighted by molar-refractivity contribution is -0.128. The van der Waals surface area contributed by atoms with Gasteiger partial charge in [-0.05, 0) is 6.07 Å². The van der Waals surface area contributed by atoms with Gasteiger partial charge >= 0.3 is 0 Å². The Kier molecular flexibility index (Phi) is 4.30. The lowest BCUT2D eigenvalue weighted by Gasteiger charge is -2.09. The molecule has 1 aromatic rings. The molecule has 0 atom stereocenters. The van der Waals surface area contributed by atoms with Crippen LogP contribution in [-0.4, -0.2) is 41.2 Å². The van der Waals surface area contributed by atoms with E-state index < -0.39 is 0 Å². The molecule has 0 fully saturated rings. The minimum Gasteiger partial charge on any atom is -0.349 e. The fourth-order valence-electron chi connectivity index (χ4n) is 1.19. The fraction of sp³-hybridized carbons (Fsp3) is 0.600. The van der Waals surface area contributed by atoms with Gasteiger partial charge in [-0.25, -0.2) is 0 Å². The second kappa shape index (κ2) is 5.50. The highest BCUT2D eigenvalue weighted by Gasteiger charge is 2.02. The first-order valence-corrected chi connectivity index (χ1v) is 4.99. The van der Waals surface area contributed by atoms with E-state index in [2.05, 4.69) is 10.4 Å². The molecule has 1 N–H and O–H groups in total. The van der Waals surface area contributed by atoms with Crippen molar-refractivity contribution in [2.24, 2.45) is 7.05 Å². The number of aromatic nitrogens is 2. The summed E-state index contributed by atoms with van der Waals surface area (Å²) >= 11 is 0. The van der Waals surface area contributed by atoms with Crippen molar-refractivity contribution in [1.82, 2.24) is 20.0 Å². The predicted octanol–water partition coefficient (Wildman–Crippen LogP) is -0.0120. The molecule has 5 heteroatoms. The molecule has 0 bridgehead atoms. The Morgan fingerprint density at radius 1 is 1.60 bits per heavy atom. The Balaban J connectivity index is 2.15. The number of carbonyl (C=O) groups excluding carboxylic acids is 1. The highest BCUT2D eigenvalue weighted by molar-refractivity contribution is 5.75. The van der Waals surface area contributed by atoms with Gasteiger partial charge in [0.15, 0.2) is 0 Å². The van der Waals surface area contributed by atoms with E-state index in [0.29, 0.717) is 19.5 Å². The Morgan fingerprint density at radius 3 is 2.87 bits per heavy atom. The first-order valence-electron chi connectivity index (χ1n) is 4.99. The average Bonchev–Trinajstić information content (AvgIpc) is 2.58.